The van der Waals surface area contributed by atoms with Gasteiger partial charge < -0.3 is 0 Å². The van der Waals surface area contributed by atoms with E-state index in [4.69, 9.17) is 0 Å². The van der Waals surface area contributed by atoms with E-state index in [0.717, 1.165) is 25.7 Å². The minimum absolute atomic E-state index is 0.0632. The highest BCUT2D eigenvalue weighted by Crippen LogP contribution is 2.24. The molecule has 0 aromatic carbocycles. The average molecular weight is 324 g/mol. The van der Waals surface area contributed by atoms with Crippen molar-refractivity contribution < 1.29 is 16.8 Å². The molecule has 2 heterocycles. The fourth-order valence-electron chi connectivity index (χ4n) is 3.01. The van der Waals surface area contributed by atoms with E-state index in [0.29, 0.717) is 32.6 Å². The Morgan fingerprint density at radius 3 is 2.05 bits per heavy atom. The minimum atomic E-state index is -3.40. The molecule has 2 saturated heterocycles. The van der Waals surface area contributed by atoms with Gasteiger partial charge in [0.15, 0.2) is 0 Å². The van der Waals surface area contributed by atoms with Gasteiger partial charge in [-0.2, -0.15) is 17.0 Å². The molecule has 1 atom stereocenters. The Labute approximate surface area is 122 Å². The van der Waals surface area contributed by atoms with Crippen LogP contribution in [0.1, 0.15) is 32.1 Å². The summed E-state index contributed by atoms with van der Waals surface area (Å²) in [6.07, 6.45) is 5.85. The molecule has 0 aliphatic carbocycles. The number of hydrogen-bond donors (Lipinski definition) is 0. The summed E-state index contributed by atoms with van der Waals surface area (Å²) in [5.41, 5.74) is 0. The van der Waals surface area contributed by atoms with Crippen LogP contribution in [0.4, 0.5) is 0 Å². The van der Waals surface area contributed by atoms with Gasteiger partial charge in [-0.25, -0.2) is 8.42 Å². The van der Waals surface area contributed by atoms with E-state index in [-0.39, 0.29) is 11.7 Å². The van der Waals surface area contributed by atoms with E-state index in [2.05, 4.69) is 0 Å². The summed E-state index contributed by atoms with van der Waals surface area (Å²) in [5.74, 6) is 0.0192. The zero-order valence-corrected chi connectivity index (χ0v) is 13.6. The molecule has 0 aromatic rings. The van der Waals surface area contributed by atoms with Crippen molar-refractivity contribution in [3.05, 3.63) is 0 Å². The highest BCUT2D eigenvalue weighted by atomic mass is 32.2. The van der Waals surface area contributed by atoms with Crippen molar-refractivity contribution in [2.75, 3.05) is 38.2 Å². The third kappa shape index (κ3) is 4.16. The zero-order chi connectivity index (χ0) is 14.8. The third-order valence-corrected chi connectivity index (χ3v) is 7.08. The first-order valence-corrected chi connectivity index (χ1v) is 10.7. The van der Waals surface area contributed by atoms with Crippen molar-refractivity contribution in [3.63, 3.8) is 0 Å². The van der Waals surface area contributed by atoms with Gasteiger partial charge in [-0.15, -0.1) is 0 Å². The lowest BCUT2D eigenvalue weighted by Gasteiger charge is -2.26. The summed E-state index contributed by atoms with van der Waals surface area (Å²) in [6, 6.07) is 0. The van der Waals surface area contributed by atoms with Crippen molar-refractivity contribution in [2.24, 2.45) is 5.92 Å². The molecule has 1 unspecified atom stereocenters. The molecule has 2 aliphatic rings. The van der Waals surface area contributed by atoms with Crippen LogP contribution in [0.3, 0.4) is 0 Å². The van der Waals surface area contributed by atoms with Crippen LogP contribution in [-0.2, 0) is 20.0 Å². The highest BCUT2D eigenvalue weighted by Gasteiger charge is 2.36. The first-order valence-electron chi connectivity index (χ1n) is 7.22. The number of nitrogens with zero attached hydrogens (tertiary/aromatic N) is 2. The zero-order valence-electron chi connectivity index (χ0n) is 12.0. The van der Waals surface area contributed by atoms with Crippen LogP contribution in [0.5, 0.6) is 0 Å². The van der Waals surface area contributed by atoms with Crippen molar-refractivity contribution in [1.29, 1.82) is 0 Å². The molecule has 0 radical (unpaired) electrons. The molecule has 0 bridgehead atoms. The normalized spacial score (nSPS) is 27.6. The van der Waals surface area contributed by atoms with Gasteiger partial charge in [0.1, 0.15) is 9.84 Å². The summed E-state index contributed by atoms with van der Waals surface area (Å²) in [6.45, 7) is 1.97. The summed E-state index contributed by atoms with van der Waals surface area (Å²) in [5, 5.41) is 0. The van der Waals surface area contributed by atoms with Crippen molar-refractivity contribution in [2.45, 2.75) is 32.1 Å². The average Bonchev–Trinajstić information content (AvgIpc) is 2.63. The Kier molecular flexibility index (Phi) is 5.09. The van der Waals surface area contributed by atoms with Gasteiger partial charge in [-0.1, -0.05) is 12.8 Å². The maximum atomic E-state index is 12.6. The van der Waals surface area contributed by atoms with E-state index in [1.807, 2.05) is 0 Å². The molecule has 0 N–H and O–H groups in total. The Morgan fingerprint density at radius 2 is 1.50 bits per heavy atom. The predicted molar refractivity (Wildman–Crippen MR) is 78.4 cm³/mol. The maximum absolute atomic E-state index is 12.6. The molecule has 0 aromatic heterocycles. The predicted octanol–water partition coefficient (Wildman–Crippen LogP) is 0.474. The first-order chi connectivity index (χ1) is 9.29. The molecule has 2 rings (SSSR count). The summed E-state index contributed by atoms with van der Waals surface area (Å²) >= 11 is 0. The largest absolute Gasteiger partial charge is 0.281 e. The van der Waals surface area contributed by atoms with Crippen molar-refractivity contribution in [3.8, 4) is 0 Å². The smallest absolute Gasteiger partial charge is 0.229 e. The van der Waals surface area contributed by atoms with Gasteiger partial charge in [0, 0.05) is 32.4 Å². The van der Waals surface area contributed by atoms with Gasteiger partial charge in [-0.05, 0) is 25.2 Å². The van der Waals surface area contributed by atoms with E-state index >= 15 is 0 Å². The molecular formula is C12H24N2O4S2. The van der Waals surface area contributed by atoms with Gasteiger partial charge in [0.05, 0.1) is 5.75 Å². The first kappa shape index (κ1) is 16.2. The van der Waals surface area contributed by atoms with Gasteiger partial charge in [0.2, 0.25) is 0 Å². The molecule has 20 heavy (non-hydrogen) atoms. The lowest BCUT2D eigenvalue weighted by molar-refractivity contribution is 0.363. The number of sulfone groups is 1. The second-order valence-electron chi connectivity index (χ2n) is 5.93. The lowest BCUT2D eigenvalue weighted by atomic mass is 10.2. The SMILES string of the molecule is CS(=O)(=O)CC1CCN(S(=O)(=O)N2CCCCCC2)C1. The molecule has 0 amide bonds. The Bertz CT molecular complexity index is 522. The molecule has 2 fully saturated rings. The molecule has 8 heteroatoms. The highest BCUT2D eigenvalue weighted by molar-refractivity contribution is 7.90. The van der Waals surface area contributed by atoms with Gasteiger partial charge in [-0.3, -0.25) is 0 Å². The minimum Gasteiger partial charge on any atom is -0.229 e. The fraction of sp³-hybridized carbons (Fsp3) is 1.00. The van der Waals surface area contributed by atoms with Crippen molar-refractivity contribution in [1.82, 2.24) is 8.61 Å². The van der Waals surface area contributed by atoms with Crippen LogP contribution in [0.15, 0.2) is 0 Å². The van der Waals surface area contributed by atoms with Gasteiger partial charge >= 0.3 is 0 Å². The van der Waals surface area contributed by atoms with Crippen molar-refractivity contribution >= 4 is 20.0 Å². The third-order valence-electron chi connectivity index (χ3n) is 4.00. The summed E-state index contributed by atoms with van der Waals surface area (Å²) in [7, 11) is -6.44. The maximum Gasteiger partial charge on any atom is 0.281 e. The molecular weight excluding hydrogens is 300 g/mol. The molecule has 2 aliphatic heterocycles. The van der Waals surface area contributed by atoms with Gasteiger partial charge in [0.25, 0.3) is 10.2 Å². The van der Waals surface area contributed by atoms with Crippen LogP contribution in [0.2, 0.25) is 0 Å². The second-order valence-corrected chi connectivity index (χ2v) is 10.0. The summed E-state index contributed by atoms with van der Waals surface area (Å²) in [4.78, 5) is 0. The Morgan fingerprint density at radius 1 is 0.900 bits per heavy atom. The quantitative estimate of drug-likeness (QED) is 0.753. The van der Waals surface area contributed by atoms with Crippen LogP contribution >= 0.6 is 0 Å². The number of rotatable bonds is 4. The van der Waals surface area contributed by atoms with Crippen LogP contribution in [0, 0.1) is 5.92 Å². The van der Waals surface area contributed by atoms with E-state index in [9.17, 15) is 16.8 Å². The molecule has 0 saturated carbocycles. The van der Waals surface area contributed by atoms with Crippen LogP contribution in [0.25, 0.3) is 0 Å². The molecule has 6 nitrogen and oxygen atoms in total. The number of hydrogen-bond acceptors (Lipinski definition) is 4. The van der Waals surface area contributed by atoms with E-state index in [1.165, 1.54) is 10.6 Å². The molecule has 0 spiro atoms. The molecule has 118 valence electrons. The fourth-order valence-corrected chi connectivity index (χ4v) is 5.92. The monoisotopic (exact) mass is 324 g/mol. The standard InChI is InChI=1S/C12H24N2O4S2/c1-19(15,16)11-12-6-9-14(10-12)20(17,18)13-7-4-2-3-5-8-13/h12H,2-11H2,1H3. The summed E-state index contributed by atoms with van der Waals surface area (Å²) < 4.78 is 50.8. The van der Waals surface area contributed by atoms with E-state index in [1.54, 1.807) is 4.31 Å². The Balaban J connectivity index is 2.00. The lowest BCUT2D eigenvalue weighted by Crippen LogP contribution is -2.43. The Hall–Kier alpha value is -0.180. The topological polar surface area (TPSA) is 74.8 Å². The van der Waals surface area contributed by atoms with E-state index < -0.39 is 20.0 Å². The van der Waals surface area contributed by atoms with Crippen LogP contribution in [-0.4, -0.2) is 63.6 Å². The van der Waals surface area contributed by atoms with Crippen LogP contribution < -0.4 is 0 Å². The second kappa shape index (κ2) is 6.29.